The Labute approximate surface area is 179 Å². The second-order valence-corrected chi connectivity index (χ2v) is 6.89. The van der Waals surface area contributed by atoms with Crippen LogP contribution in [-0.4, -0.2) is 42.4 Å². The van der Waals surface area contributed by atoms with E-state index in [9.17, 15) is 9.18 Å². The van der Waals surface area contributed by atoms with Gasteiger partial charge in [0, 0.05) is 32.1 Å². The van der Waals surface area contributed by atoms with E-state index in [4.69, 9.17) is 0 Å². The average molecular weight is 490 g/mol. The highest BCUT2D eigenvalue weighted by Crippen LogP contribution is 2.17. The van der Waals surface area contributed by atoms with Crippen LogP contribution < -0.4 is 10.6 Å². The van der Waals surface area contributed by atoms with E-state index in [1.807, 2.05) is 17.9 Å². The minimum absolute atomic E-state index is 0. The van der Waals surface area contributed by atoms with Crippen LogP contribution in [0.3, 0.4) is 0 Å². The maximum Gasteiger partial charge on any atom is 0.224 e. The molecule has 0 radical (unpaired) electrons. The second-order valence-electron chi connectivity index (χ2n) is 6.89. The van der Waals surface area contributed by atoms with E-state index in [2.05, 4.69) is 22.5 Å². The first-order valence-electron chi connectivity index (χ1n) is 9.58. The number of nitrogens with one attached hydrogen (secondary N) is 2. The standard InChI is InChI=1S/C20H31FN4O.HI/c1-4-22-20(24-14-17-8-9-18(21)15(2)13-17)23-11-10-19(26)25-12-6-5-7-16(25)3;/h8-9,13,16H,4-7,10-12,14H2,1-3H3,(H2,22,23,24);1H. The molecule has 1 saturated heterocycles. The number of likely N-dealkylation sites (tertiary alicyclic amines) is 1. The molecule has 1 amide bonds. The summed E-state index contributed by atoms with van der Waals surface area (Å²) in [5.74, 6) is 0.678. The molecule has 1 fully saturated rings. The van der Waals surface area contributed by atoms with Crippen molar-refractivity contribution < 1.29 is 9.18 Å². The van der Waals surface area contributed by atoms with Gasteiger partial charge in [-0.05, 0) is 57.2 Å². The van der Waals surface area contributed by atoms with Crippen LogP contribution in [0.4, 0.5) is 4.39 Å². The first kappa shape index (κ1) is 23.7. The lowest BCUT2D eigenvalue weighted by Gasteiger charge is -2.33. The zero-order valence-corrected chi connectivity index (χ0v) is 18.9. The maximum atomic E-state index is 13.3. The van der Waals surface area contributed by atoms with Gasteiger partial charge in [-0.2, -0.15) is 0 Å². The number of aryl methyl sites for hydroxylation is 1. The fourth-order valence-electron chi connectivity index (χ4n) is 3.22. The van der Waals surface area contributed by atoms with Crippen LogP contribution >= 0.6 is 24.0 Å². The third-order valence-corrected chi connectivity index (χ3v) is 4.74. The third-order valence-electron chi connectivity index (χ3n) is 4.74. The van der Waals surface area contributed by atoms with Crippen LogP contribution in [0, 0.1) is 12.7 Å². The Hall–Kier alpha value is -1.38. The molecule has 1 aromatic rings. The van der Waals surface area contributed by atoms with Crippen molar-refractivity contribution in [3.63, 3.8) is 0 Å². The summed E-state index contributed by atoms with van der Waals surface area (Å²) in [7, 11) is 0. The molecule has 2 N–H and O–H groups in total. The minimum Gasteiger partial charge on any atom is -0.357 e. The smallest absolute Gasteiger partial charge is 0.224 e. The Morgan fingerprint density at radius 3 is 2.78 bits per heavy atom. The molecule has 1 aliphatic heterocycles. The topological polar surface area (TPSA) is 56.7 Å². The molecule has 7 heteroatoms. The summed E-state index contributed by atoms with van der Waals surface area (Å²) in [6.07, 6.45) is 3.87. The first-order valence-corrected chi connectivity index (χ1v) is 9.58. The minimum atomic E-state index is -0.201. The van der Waals surface area contributed by atoms with Crippen LogP contribution in [0.5, 0.6) is 0 Å². The number of halogens is 2. The number of guanidine groups is 1. The van der Waals surface area contributed by atoms with Gasteiger partial charge in [0.1, 0.15) is 5.82 Å². The van der Waals surface area contributed by atoms with E-state index in [1.165, 1.54) is 12.5 Å². The molecule has 1 aromatic carbocycles. The number of rotatable bonds is 6. The fourth-order valence-corrected chi connectivity index (χ4v) is 3.22. The van der Waals surface area contributed by atoms with Crippen LogP contribution in [0.2, 0.25) is 0 Å². The number of hydrogen-bond acceptors (Lipinski definition) is 2. The number of piperidine rings is 1. The number of hydrogen-bond donors (Lipinski definition) is 2. The summed E-state index contributed by atoms with van der Waals surface area (Å²) >= 11 is 0. The number of carbonyl (C=O) groups is 1. The van der Waals surface area contributed by atoms with Crippen LogP contribution in [0.15, 0.2) is 23.2 Å². The fraction of sp³-hybridized carbons (Fsp3) is 0.600. The monoisotopic (exact) mass is 490 g/mol. The second kappa shape index (κ2) is 12.2. The lowest BCUT2D eigenvalue weighted by Crippen LogP contribution is -2.44. The van der Waals surface area contributed by atoms with Crippen molar-refractivity contribution >= 4 is 35.8 Å². The van der Waals surface area contributed by atoms with E-state index in [-0.39, 0.29) is 35.7 Å². The quantitative estimate of drug-likeness (QED) is 0.364. The van der Waals surface area contributed by atoms with Crippen molar-refractivity contribution in [3.05, 3.63) is 35.1 Å². The molecular weight excluding hydrogens is 458 g/mol. The van der Waals surface area contributed by atoms with Gasteiger partial charge < -0.3 is 15.5 Å². The molecule has 0 aromatic heterocycles. The molecular formula is C20H32FIN4O. The highest BCUT2D eigenvalue weighted by Gasteiger charge is 2.22. The molecule has 0 spiro atoms. The van der Waals surface area contributed by atoms with Crippen LogP contribution in [0.25, 0.3) is 0 Å². The highest BCUT2D eigenvalue weighted by molar-refractivity contribution is 14.0. The Balaban J connectivity index is 0.00000364. The molecule has 152 valence electrons. The van der Waals surface area contributed by atoms with E-state index < -0.39 is 0 Å². The summed E-state index contributed by atoms with van der Waals surface area (Å²) in [6, 6.07) is 5.37. The molecule has 5 nitrogen and oxygen atoms in total. The van der Waals surface area contributed by atoms with Gasteiger partial charge in [0.2, 0.25) is 5.91 Å². The van der Waals surface area contributed by atoms with Gasteiger partial charge >= 0.3 is 0 Å². The lowest BCUT2D eigenvalue weighted by atomic mass is 10.0. The number of carbonyl (C=O) groups excluding carboxylic acids is 1. The van der Waals surface area contributed by atoms with Gasteiger partial charge in [-0.1, -0.05) is 12.1 Å². The van der Waals surface area contributed by atoms with Crippen molar-refractivity contribution in [1.29, 1.82) is 0 Å². The molecule has 27 heavy (non-hydrogen) atoms. The van der Waals surface area contributed by atoms with Crippen LogP contribution in [-0.2, 0) is 11.3 Å². The average Bonchev–Trinajstić information content (AvgIpc) is 2.62. The van der Waals surface area contributed by atoms with Gasteiger partial charge in [-0.25, -0.2) is 9.38 Å². The van der Waals surface area contributed by atoms with Gasteiger partial charge in [0.05, 0.1) is 6.54 Å². The summed E-state index contributed by atoms with van der Waals surface area (Å²) in [5.41, 5.74) is 1.58. The van der Waals surface area contributed by atoms with Crippen LogP contribution in [0.1, 0.15) is 50.7 Å². The van der Waals surface area contributed by atoms with E-state index >= 15 is 0 Å². The lowest BCUT2D eigenvalue weighted by molar-refractivity contribution is -0.134. The molecule has 2 rings (SSSR count). The van der Waals surface area contributed by atoms with E-state index in [0.717, 1.165) is 31.5 Å². The Bertz CT molecular complexity index is 638. The maximum absolute atomic E-state index is 13.3. The van der Waals surface area contributed by atoms with Gasteiger partial charge in [-0.15, -0.1) is 24.0 Å². The molecule has 1 aliphatic rings. The first-order chi connectivity index (χ1) is 12.5. The summed E-state index contributed by atoms with van der Waals surface area (Å²) in [4.78, 5) is 18.9. The van der Waals surface area contributed by atoms with E-state index in [0.29, 0.717) is 37.1 Å². The summed E-state index contributed by atoms with van der Waals surface area (Å²) in [6.45, 7) is 8.51. The summed E-state index contributed by atoms with van der Waals surface area (Å²) in [5, 5.41) is 6.40. The van der Waals surface area contributed by atoms with Crippen molar-refractivity contribution in [2.24, 2.45) is 4.99 Å². The Morgan fingerprint density at radius 1 is 1.33 bits per heavy atom. The summed E-state index contributed by atoms with van der Waals surface area (Å²) < 4.78 is 13.3. The van der Waals surface area contributed by atoms with Gasteiger partial charge in [-0.3, -0.25) is 4.79 Å². The molecule has 0 bridgehead atoms. The molecule has 1 unspecified atom stereocenters. The molecule has 1 heterocycles. The number of nitrogens with zero attached hydrogens (tertiary/aromatic N) is 2. The van der Waals surface area contributed by atoms with Crippen molar-refractivity contribution in [2.45, 2.75) is 59.0 Å². The SMILES string of the molecule is CCNC(=NCc1ccc(F)c(C)c1)NCCC(=O)N1CCCCC1C.I. The predicted molar refractivity (Wildman–Crippen MR) is 119 cm³/mol. The van der Waals surface area contributed by atoms with Crippen molar-refractivity contribution in [2.75, 3.05) is 19.6 Å². The molecule has 1 atom stereocenters. The normalized spacial score (nSPS) is 17.3. The molecule has 0 saturated carbocycles. The van der Waals surface area contributed by atoms with E-state index in [1.54, 1.807) is 13.0 Å². The number of aliphatic imine (C=N–C) groups is 1. The van der Waals surface area contributed by atoms with Crippen molar-refractivity contribution in [1.82, 2.24) is 15.5 Å². The van der Waals surface area contributed by atoms with Gasteiger partial charge in [0.15, 0.2) is 5.96 Å². The predicted octanol–water partition coefficient (Wildman–Crippen LogP) is 3.60. The largest absolute Gasteiger partial charge is 0.357 e. The third kappa shape index (κ3) is 7.63. The number of benzene rings is 1. The molecule has 0 aliphatic carbocycles. The Morgan fingerprint density at radius 2 is 2.11 bits per heavy atom. The zero-order chi connectivity index (χ0) is 18.9. The Kier molecular flexibility index (Phi) is 10.6. The van der Waals surface area contributed by atoms with Crippen molar-refractivity contribution in [3.8, 4) is 0 Å². The zero-order valence-electron chi connectivity index (χ0n) is 16.6. The number of amides is 1. The highest BCUT2D eigenvalue weighted by atomic mass is 127. The van der Waals surface area contributed by atoms with Gasteiger partial charge in [0.25, 0.3) is 0 Å².